The number of amides is 2. The van der Waals surface area contributed by atoms with E-state index in [9.17, 15) is 32.9 Å². The number of anilines is 1. The largest absolute Gasteiger partial charge is 0.418 e. The van der Waals surface area contributed by atoms with E-state index >= 15 is 0 Å². The molecule has 6 nitrogen and oxygen atoms in total. The van der Waals surface area contributed by atoms with Crippen LogP contribution in [-0.2, 0) is 15.8 Å². The predicted molar refractivity (Wildman–Crippen MR) is 66.6 cm³/mol. The van der Waals surface area contributed by atoms with E-state index in [1.165, 1.54) is 6.92 Å². The van der Waals surface area contributed by atoms with E-state index in [-0.39, 0.29) is 6.42 Å². The Morgan fingerprint density at radius 2 is 1.90 bits per heavy atom. The summed E-state index contributed by atoms with van der Waals surface area (Å²) in [7, 11) is 0. The van der Waals surface area contributed by atoms with Crippen LogP contribution in [0.2, 0.25) is 0 Å². The van der Waals surface area contributed by atoms with Crippen molar-refractivity contribution < 1.29 is 27.7 Å². The molecule has 0 unspecified atom stereocenters. The van der Waals surface area contributed by atoms with Crippen molar-refractivity contribution in [2.75, 3.05) is 4.90 Å². The fraction of sp³-hybridized carbons (Fsp3) is 0.333. The average molecular weight is 304 g/mol. The van der Waals surface area contributed by atoms with Gasteiger partial charge in [-0.05, 0) is 6.07 Å². The van der Waals surface area contributed by atoms with Crippen molar-refractivity contribution in [3.05, 3.63) is 33.9 Å². The standard InChI is InChI=1S/C12H11F3N2O4/c1-3-11(19)16(7(2)18)10-5-4-8(17(20)21)6-9(10)12(13,14)15/h4-6H,3H2,1-2H3. The fourth-order valence-electron chi connectivity index (χ4n) is 1.70. The van der Waals surface area contributed by atoms with E-state index in [2.05, 4.69) is 0 Å². The molecule has 0 N–H and O–H groups in total. The number of carbonyl (C=O) groups excluding carboxylic acids is 2. The molecule has 0 fully saturated rings. The van der Waals surface area contributed by atoms with E-state index in [0.717, 1.165) is 19.1 Å². The zero-order valence-corrected chi connectivity index (χ0v) is 11.1. The molecule has 1 rings (SSSR count). The van der Waals surface area contributed by atoms with Gasteiger partial charge in [-0.2, -0.15) is 13.2 Å². The first-order valence-corrected chi connectivity index (χ1v) is 5.78. The number of carbonyl (C=O) groups is 2. The Bertz CT molecular complexity index is 599. The van der Waals surface area contributed by atoms with Crippen molar-refractivity contribution >= 4 is 23.2 Å². The number of imide groups is 1. The highest BCUT2D eigenvalue weighted by atomic mass is 19.4. The monoisotopic (exact) mass is 304 g/mol. The minimum atomic E-state index is -4.94. The molecule has 9 heteroatoms. The molecule has 114 valence electrons. The molecule has 0 spiro atoms. The smallest absolute Gasteiger partial charge is 0.274 e. The summed E-state index contributed by atoms with van der Waals surface area (Å²) in [6.45, 7) is 2.33. The molecule has 1 aromatic carbocycles. The van der Waals surface area contributed by atoms with Crippen LogP contribution in [0.3, 0.4) is 0 Å². The lowest BCUT2D eigenvalue weighted by Crippen LogP contribution is -2.36. The number of hydrogen-bond donors (Lipinski definition) is 0. The summed E-state index contributed by atoms with van der Waals surface area (Å²) in [5.74, 6) is -1.73. The van der Waals surface area contributed by atoms with Crippen LogP contribution in [-0.4, -0.2) is 16.7 Å². The maximum absolute atomic E-state index is 13.0. The second-order valence-corrected chi connectivity index (χ2v) is 4.06. The molecule has 0 saturated carbocycles. The number of benzene rings is 1. The number of hydrogen-bond acceptors (Lipinski definition) is 4. The highest BCUT2D eigenvalue weighted by Gasteiger charge is 2.38. The Morgan fingerprint density at radius 1 is 1.33 bits per heavy atom. The number of nitro groups is 1. The first kappa shape index (κ1) is 16.6. The van der Waals surface area contributed by atoms with E-state index < -0.39 is 39.9 Å². The third-order valence-electron chi connectivity index (χ3n) is 2.60. The van der Waals surface area contributed by atoms with Crippen molar-refractivity contribution in [2.45, 2.75) is 26.4 Å². The summed E-state index contributed by atoms with van der Waals surface area (Å²) < 4.78 is 39.0. The second-order valence-electron chi connectivity index (χ2n) is 4.06. The lowest BCUT2D eigenvalue weighted by atomic mass is 10.1. The molecule has 0 radical (unpaired) electrons. The van der Waals surface area contributed by atoms with Gasteiger partial charge in [0.1, 0.15) is 0 Å². The van der Waals surface area contributed by atoms with Gasteiger partial charge in [0, 0.05) is 25.5 Å². The van der Waals surface area contributed by atoms with Gasteiger partial charge in [-0.1, -0.05) is 6.92 Å². The summed E-state index contributed by atoms with van der Waals surface area (Å²) in [5, 5.41) is 10.6. The average Bonchev–Trinajstić information content (AvgIpc) is 2.37. The van der Waals surface area contributed by atoms with Crippen molar-refractivity contribution in [1.29, 1.82) is 0 Å². The number of alkyl halides is 3. The molecule has 0 aliphatic rings. The van der Waals surface area contributed by atoms with Gasteiger partial charge < -0.3 is 0 Å². The number of non-ortho nitro benzene ring substituents is 1. The lowest BCUT2D eigenvalue weighted by Gasteiger charge is -2.22. The van der Waals surface area contributed by atoms with Gasteiger partial charge in [-0.25, -0.2) is 0 Å². The van der Waals surface area contributed by atoms with Crippen LogP contribution in [0, 0.1) is 10.1 Å². The quantitative estimate of drug-likeness (QED) is 0.635. The predicted octanol–water partition coefficient (Wildman–Crippen LogP) is 2.90. The van der Waals surface area contributed by atoms with Gasteiger partial charge in [0.2, 0.25) is 11.8 Å². The zero-order chi connectivity index (χ0) is 16.4. The van der Waals surface area contributed by atoms with Crippen LogP contribution in [0.1, 0.15) is 25.8 Å². The van der Waals surface area contributed by atoms with E-state index in [0.29, 0.717) is 11.0 Å². The Kier molecular flexibility index (Phi) is 4.66. The highest BCUT2D eigenvalue weighted by Crippen LogP contribution is 2.39. The van der Waals surface area contributed by atoms with Crippen LogP contribution in [0.15, 0.2) is 18.2 Å². The van der Waals surface area contributed by atoms with Crippen molar-refractivity contribution in [3.63, 3.8) is 0 Å². The summed E-state index contributed by atoms with van der Waals surface area (Å²) >= 11 is 0. The molecule has 21 heavy (non-hydrogen) atoms. The molecule has 0 atom stereocenters. The molecule has 0 heterocycles. The van der Waals surface area contributed by atoms with Gasteiger partial charge in [-0.15, -0.1) is 0 Å². The van der Waals surface area contributed by atoms with Gasteiger partial charge in [0.15, 0.2) is 0 Å². The molecule has 0 aliphatic carbocycles. The van der Waals surface area contributed by atoms with Crippen molar-refractivity contribution in [1.82, 2.24) is 0 Å². The molecule has 2 amide bonds. The second kappa shape index (κ2) is 5.90. The Morgan fingerprint density at radius 3 is 2.29 bits per heavy atom. The molecule has 0 aromatic heterocycles. The van der Waals surface area contributed by atoms with Crippen LogP contribution in [0.25, 0.3) is 0 Å². The Hall–Kier alpha value is -2.45. The first-order chi connectivity index (χ1) is 9.59. The Balaban J connectivity index is 3.57. The van der Waals surface area contributed by atoms with Crippen LogP contribution < -0.4 is 4.90 Å². The van der Waals surface area contributed by atoms with E-state index in [4.69, 9.17) is 0 Å². The van der Waals surface area contributed by atoms with E-state index in [1.54, 1.807) is 0 Å². The summed E-state index contributed by atoms with van der Waals surface area (Å²) in [5.41, 5.74) is -2.90. The molecular formula is C12H11F3N2O4. The van der Waals surface area contributed by atoms with Crippen molar-refractivity contribution in [3.8, 4) is 0 Å². The van der Waals surface area contributed by atoms with E-state index in [1.807, 2.05) is 0 Å². The van der Waals surface area contributed by atoms with Gasteiger partial charge in [0.05, 0.1) is 16.2 Å². The van der Waals surface area contributed by atoms with Crippen molar-refractivity contribution in [2.24, 2.45) is 0 Å². The summed E-state index contributed by atoms with van der Waals surface area (Å²) in [6.07, 6.45) is -5.13. The zero-order valence-electron chi connectivity index (χ0n) is 11.1. The number of halogens is 3. The minimum absolute atomic E-state index is 0.187. The van der Waals surface area contributed by atoms with Gasteiger partial charge in [-0.3, -0.25) is 24.6 Å². The first-order valence-electron chi connectivity index (χ1n) is 5.78. The normalized spacial score (nSPS) is 11.1. The third kappa shape index (κ3) is 3.56. The van der Waals surface area contributed by atoms with Crippen LogP contribution in [0.4, 0.5) is 24.5 Å². The van der Waals surface area contributed by atoms with Gasteiger partial charge >= 0.3 is 6.18 Å². The molecule has 0 bridgehead atoms. The topological polar surface area (TPSA) is 80.5 Å². The maximum atomic E-state index is 13.0. The number of rotatable bonds is 3. The minimum Gasteiger partial charge on any atom is -0.274 e. The summed E-state index contributed by atoms with van der Waals surface area (Å²) in [4.78, 5) is 33.1. The maximum Gasteiger partial charge on any atom is 0.418 e. The summed E-state index contributed by atoms with van der Waals surface area (Å²) in [6, 6.07) is 1.85. The molecule has 0 aliphatic heterocycles. The number of nitro benzene ring substituents is 1. The number of nitrogens with zero attached hydrogens (tertiary/aromatic N) is 2. The lowest BCUT2D eigenvalue weighted by molar-refractivity contribution is -0.385. The SMILES string of the molecule is CCC(=O)N(C(C)=O)c1ccc([N+](=O)[O-])cc1C(F)(F)F. The molecule has 0 saturated heterocycles. The van der Waals surface area contributed by atoms with Crippen LogP contribution >= 0.6 is 0 Å². The van der Waals surface area contributed by atoms with Crippen LogP contribution in [0.5, 0.6) is 0 Å². The fourth-order valence-corrected chi connectivity index (χ4v) is 1.70. The Labute approximate surface area is 117 Å². The van der Waals surface area contributed by atoms with Gasteiger partial charge in [0.25, 0.3) is 5.69 Å². The third-order valence-corrected chi connectivity index (χ3v) is 2.60. The molecular weight excluding hydrogens is 293 g/mol. The molecule has 1 aromatic rings. The highest BCUT2D eigenvalue weighted by molar-refractivity contribution is 6.14.